The molecule has 4 rings (SSSR count). The van der Waals surface area contributed by atoms with Crippen LogP contribution in [0.15, 0.2) is 24.4 Å². The molecule has 2 aromatic rings. The molecule has 1 fully saturated rings. The second kappa shape index (κ2) is 7.31. The van der Waals surface area contributed by atoms with Crippen LogP contribution >= 0.6 is 22.9 Å². The predicted octanol–water partition coefficient (Wildman–Crippen LogP) is 2.79. The molecule has 1 saturated heterocycles. The summed E-state index contributed by atoms with van der Waals surface area (Å²) in [5, 5.41) is 10.1. The fraction of sp³-hybridized carbons (Fsp3) is 0.368. The van der Waals surface area contributed by atoms with Crippen molar-refractivity contribution in [3.05, 3.63) is 44.9 Å². The number of carboxylic acid groups (broad SMARTS) is 1. The number of rotatable bonds is 3. The van der Waals surface area contributed by atoms with Gasteiger partial charge < -0.3 is 19.6 Å². The first-order chi connectivity index (χ1) is 13.8. The van der Waals surface area contributed by atoms with Crippen LogP contribution in [0, 0.1) is 0 Å². The Balaban J connectivity index is 1.61. The lowest BCUT2D eigenvalue weighted by Crippen LogP contribution is -2.40. The number of benzene rings is 1. The Labute approximate surface area is 175 Å². The lowest BCUT2D eigenvalue weighted by molar-refractivity contribution is -0.118. The van der Waals surface area contributed by atoms with Gasteiger partial charge in [0.2, 0.25) is 5.91 Å². The summed E-state index contributed by atoms with van der Waals surface area (Å²) in [5.74, 6) is -1.23. The van der Waals surface area contributed by atoms with Crippen molar-refractivity contribution in [1.29, 1.82) is 0 Å². The monoisotopic (exact) mass is 435 g/mol. The van der Waals surface area contributed by atoms with Crippen molar-refractivity contribution in [3.63, 3.8) is 0 Å². The molecule has 1 atom stereocenters. The van der Waals surface area contributed by atoms with Crippen molar-refractivity contribution in [2.75, 3.05) is 31.6 Å². The van der Waals surface area contributed by atoms with E-state index in [2.05, 4.69) is 4.98 Å². The van der Waals surface area contributed by atoms with Crippen LogP contribution in [0.25, 0.3) is 0 Å². The summed E-state index contributed by atoms with van der Waals surface area (Å²) in [6.07, 6.45) is 1.58. The zero-order valence-electron chi connectivity index (χ0n) is 15.6. The van der Waals surface area contributed by atoms with E-state index in [0.29, 0.717) is 36.1 Å². The van der Waals surface area contributed by atoms with Gasteiger partial charge in [-0.25, -0.2) is 14.6 Å². The highest BCUT2D eigenvalue weighted by Gasteiger charge is 2.50. The minimum absolute atomic E-state index is 0.0107. The number of fused-ring (bicyclic) bond motifs is 2. The molecule has 29 heavy (non-hydrogen) atoms. The number of ether oxygens (including phenoxy) is 1. The van der Waals surface area contributed by atoms with Crippen LogP contribution in [0.3, 0.4) is 0 Å². The Morgan fingerprint density at radius 1 is 1.34 bits per heavy atom. The van der Waals surface area contributed by atoms with Crippen LogP contribution < -0.4 is 4.90 Å². The number of carbonyl (C=O) groups is 3. The maximum atomic E-state index is 13.1. The van der Waals surface area contributed by atoms with Gasteiger partial charge in [0.1, 0.15) is 9.88 Å². The number of amides is 2. The van der Waals surface area contributed by atoms with E-state index in [0.717, 1.165) is 22.6 Å². The highest BCUT2D eigenvalue weighted by atomic mass is 35.5. The highest BCUT2D eigenvalue weighted by molar-refractivity contribution is 7.13. The molecule has 2 aliphatic heterocycles. The second-order valence-electron chi connectivity index (χ2n) is 7.16. The standard InChI is InChI=1S/C19H18ClN3O5S/c1-28-18(27)22-5-4-19(9-22)10-23(13-3-2-11(20)6-12(13)19)16(24)7-15-21-8-14(29-15)17(25)26/h2-3,6,8H,4-5,7,9-10H2,1H3,(H,25,26). The van der Waals surface area contributed by atoms with E-state index in [1.54, 1.807) is 15.9 Å². The smallest absolute Gasteiger partial charge is 0.409 e. The molecule has 2 amide bonds. The number of carboxylic acids is 1. The third kappa shape index (κ3) is 3.44. The molecule has 0 bridgehead atoms. The molecule has 1 unspecified atom stereocenters. The summed E-state index contributed by atoms with van der Waals surface area (Å²) >= 11 is 7.22. The first-order valence-corrected chi connectivity index (χ1v) is 10.1. The van der Waals surface area contributed by atoms with Crippen LogP contribution in [0.4, 0.5) is 10.5 Å². The van der Waals surface area contributed by atoms with Crippen molar-refractivity contribution >= 4 is 46.6 Å². The first-order valence-electron chi connectivity index (χ1n) is 8.94. The number of halogens is 1. The van der Waals surface area contributed by atoms with Gasteiger partial charge in [-0.3, -0.25) is 4.79 Å². The molecule has 10 heteroatoms. The number of hydrogen-bond donors (Lipinski definition) is 1. The summed E-state index contributed by atoms with van der Waals surface area (Å²) in [6, 6.07) is 5.41. The minimum atomic E-state index is -1.06. The SMILES string of the molecule is COC(=O)N1CCC2(C1)CN(C(=O)Cc1ncc(C(=O)O)s1)c1ccc(Cl)cc12. The topological polar surface area (TPSA) is 100 Å². The summed E-state index contributed by atoms with van der Waals surface area (Å²) in [6.45, 7) is 1.40. The number of aromatic carboxylic acids is 1. The molecule has 3 heterocycles. The number of nitrogens with zero attached hydrogens (tertiary/aromatic N) is 3. The lowest BCUT2D eigenvalue weighted by Gasteiger charge is -2.25. The lowest BCUT2D eigenvalue weighted by atomic mass is 9.81. The summed E-state index contributed by atoms with van der Waals surface area (Å²) in [5.41, 5.74) is 1.30. The highest BCUT2D eigenvalue weighted by Crippen LogP contribution is 2.47. The van der Waals surface area contributed by atoms with Gasteiger partial charge in [-0.1, -0.05) is 11.6 Å². The molecular weight excluding hydrogens is 418 g/mol. The average Bonchev–Trinajstić information content (AvgIpc) is 3.40. The maximum absolute atomic E-state index is 13.1. The third-order valence-corrected chi connectivity index (χ3v) is 6.66. The van der Waals surface area contributed by atoms with Gasteiger partial charge in [0.25, 0.3) is 0 Å². The fourth-order valence-corrected chi connectivity index (χ4v) is 5.01. The molecular formula is C19H18ClN3O5S. The zero-order valence-corrected chi connectivity index (χ0v) is 17.1. The largest absolute Gasteiger partial charge is 0.477 e. The van der Waals surface area contributed by atoms with Gasteiger partial charge in [-0.15, -0.1) is 11.3 Å². The number of carbonyl (C=O) groups excluding carboxylic acids is 2. The van der Waals surface area contributed by atoms with Crippen molar-refractivity contribution < 1.29 is 24.2 Å². The number of hydrogen-bond acceptors (Lipinski definition) is 6. The maximum Gasteiger partial charge on any atom is 0.409 e. The van der Waals surface area contributed by atoms with E-state index in [1.807, 2.05) is 12.1 Å². The molecule has 8 nitrogen and oxygen atoms in total. The fourth-order valence-electron chi connectivity index (χ4n) is 4.09. The van der Waals surface area contributed by atoms with E-state index in [1.165, 1.54) is 13.3 Å². The minimum Gasteiger partial charge on any atom is -0.477 e. The van der Waals surface area contributed by atoms with E-state index >= 15 is 0 Å². The van der Waals surface area contributed by atoms with Crippen LogP contribution in [0.5, 0.6) is 0 Å². The Kier molecular flexibility index (Phi) is 4.95. The Morgan fingerprint density at radius 3 is 2.83 bits per heavy atom. The Hall–Kier alpha value is -2.65. The van der Waals surface area contributed by atoms with Crippen molar-refractivity contribution in [1.82, 2.24) is 9.88 Å². The van der Waals surface area contributed by atoms with E-state index in [9.17, 15) is 14.4 Å². The summed E-state index contributed by atoms with van der Waals surface area (Å²) in [7, 11) is 1.35. The molecule has 1 aromatic heterocycles. The van der Waals surface area contributed by atoms with Gasteiger partial charge in [0, 0.05) is 35.8 Å². The van der Waals surface area contributed by atoms with E-state index in [4.69, 9.17) is 21.4 Å². The number of methoxy groups -OCH3 is 1. The normalized spacial score (nSPS) is 20.2. The molecule has 1 N–H and O–H groups in total. The van der Waals surface area contributed by atoms with Crippen LogP contribution in [0.2, 0.25) is 5.02 Å². The molecule has 1 spiro atoms. The zero-order chi connectivity index (χ0) is 20.8. The van der Waals surface area contributed by atoms with E-state index < -0.39 is 11.4 Å². The molecule has 152 valence electrons. The van der Waals surface area contributed by atoms with Crippen molar-refractivity contribution in [2.45, 2.75) is 18.3 Å². The van der Waals surface area contributed by atoms with Crippen molar-refractivity contribution in [3.8, 4) is 0 Å². The quantitative estimate of drug-likeness (QED) is 0.795. The number of aromatic nitrogens is 1. The van der Waals surface area contributed by atoms with Crippen LogP contribution in [0.1, 0.15) is 26.7 Å². The van der Waals surface area contributed by atoms with Crippen LogP contribution in [-0.4, -0.2) is 59.7 Å². The second-order valence-corrected chi connectivity index (χ2v) is 8.72. The Bertz CT molecular complexity index is 1010. The van der Waals surface area contributed by atoms with E-state index in [-0.39, 0.29) is 23.3 Å². The summed E-state index contributed by atoms with van der Waals surface area (Å²) < 4.78 is 4.85. The number of anilines is 1. The van der Waals surface area contributed by atoms with Gasteiger partial charge in [-0.2, -0.15) is 0 Å². The average molecular weight is 436 g/mol. The van der Waals surface area contributed by atoms with Gasteiger partial charge in [-0.05, 0) is 30.2 Å². The van der Waals surface area contributed by atoms with Gasteiger partial charge in [0.05, 0.1) is 19.7 Å². The predicted molar refractivity (Wildman–Crippen MR) is 107 cm³/mol. The summed E-state index contributed by atoms with van der Waals surface area (Å²) in [4.78, 5) is 43.6. The Morgan fingerprint density at radius 2 is 2.14 bits per heavy atom. The number of likely N-dealkylation sites (tertiary alicyclic amines) is 1. The third-order valence-electron chi connectivity index (χ3n) is 5.44. The van der Waals surface area contributed by atoms with Gasteiger partial charge >= 0.3 is 12.1 Å². The molecule has 1 aromatic carbocycles. The molecule has 2 aliphatic rings. The number of thiazole rings is 1. The molecule has 0 radical (unpaired) electrons. The van der Waals surface area contributed by atoms with Crippen molar-refractivity contribution in [2.24, 2.45) is 0 Å². The van der Waals surface area contributed by atoms with Crippen LogP contribution in [-0.2, 0) is 21.4 Å². The first kappa shape index (κ1) is 19.7. The molecule has 0 saturated carbocycles. The molecule has 0 aliphatic carbocycles. The van der Waals surface area contributed by atoms with Gasteiger partial charge in [0.15, 0.2) is 0 Å².